The number of halogens is 1. The van der Waals surface area contributed by atoms with E-state index in [0.29, 0.717) is 0 Å². The highest BCUT2D eigenvalue weighted by atomic mass is 19.3. The minimum absolute atomic E-state index is 0.109. The average molecular weight is 240 g/mol. The van der Waals surface area contributed by atoms with Crippen LogP contribution in [0.1, 0.15) is 5.56 Å². The predicted molar refractivity (Wildman–Crippen MR) is 60.0 cm³/mol. The number of methoxy groups -OCH3 is 1. The quantitative estimate of drug-likeness (QED) is 0.434. The molecule has 1 aromatic rings. The van der Waals surface area contributed by atoms with Crippen LogP contribution in [0.5, 0.6) is 5.75 Å². The highest BCUT2D eigenvalue weighted by Crippen LogP contribution is 2.12. The third-order valence-corrected chi connectivity index (χ3v) is 1.93. The molecule has 0 saturated heterocycles. The van der Waals surface area contributed by atoms with Crippen LogP contribution in [0.25, 0.3) is 6.08 Å². The molecule has 1 aromatic carbocycles. The van der Waals surface area contributed by atoms with Crippen LogP contribution in [0.2, 0.25) is 0 Å². The first kappa shape index (κ1) is 13.2. The molecular formula is C12H13FO4. The molecule has 0 aliphatic carbocycles. The van der Waals surface area contributed by atoms with E-state index in [4.69, 9.17) is 4.74 Å². The summed E-state index contributed by atoms with van der Waals surface area (Å²) in [6.07, 6.45) is 2.86. The normalized spacial score (nSPS) is 10.5. The van der Waals surface area contributed by atoms with Gasteiger partial charge in [-0.2, -0.15) is 4.94 Å². The van der Waals surface area contributed by atoms with E-state index in [-0.39, 0.29) is 13.2 Å². The largest absolute Gasteiger partial charge is 0.497 e. The lowest BCUT2D eigenvalue weighted by atomic mass is 10.2. The Balaban J connectivity index is 2.43. The lowest BCUT2D eigenvalue weighted by Crippen LogP contribution is -2.05. The van der Waals surface area contributed by atoms with E-state index in [1.807, 2.05) is 0 Å². The summed E-state index contributed by atoms with van der Waals surface area (Å²) in [7, 11) is 1.58. The van der Waals surface area contributed by atoms with Gasteiger partial charge in [0.2, 0.25) is 0 Å². The molecule has 0 aliphatic heterocycles. The van der Waals surface area contributed by atoms with Gasteiger partial charge in [-0.3, -0.25) is 0 Å². The fourth-order valence-electron chi connectivity index (χ4n) is 1.10. The zero-order chi connectivity index (χ0) is 12.5. The van der Waals surface area contributed by atoms with E-state index < -0.39 is 5.97 Å². The van der Waals surface area contributed by atoms with Crippen molar-refractivity contribution in [3.05, 3.63) is 35.9 Å². The SMILES string of the molecule is COc1ccc(/C=C/C(=O)OCCOF)cc1. The van der Waals surface area contributed by atoms with Gasteiger partial charge >= 0.3 is 5.97 Å². The van der Waals surface area contributed by atoms with Gasteiger partial charge in [0.25, 0.3) is 0 Å². The molecule has 0 aliphatic rings. The maximum absolute atomic E-state index is 11.2. The van der Waals surface area contributed by atoms with Crippen molar-refractivity contribution in [2.24, 2.45) is 0 Å². The highest BCUT2D eigenvalue weighted by molar-refractivity contribution is 5.87. The zero-order valence-corrected chi connectivity index (χ0v) is 9.39. The molecule has 0 N–H and O–H groups in total. The summed E-state index contributed by atoms with van der Waals surface area (Å²) in [4.78, 5) is 14.4. The van der Waals surface area contributed by atoms with E-state index in [2.05, 4.69) is 9.68 Å². The van der Waals surface area contributed by atoms with Gasteiger partial charge in [-0.25, -0.2) is 4.79 Å². The molecule has 5 heteroatoms. The second kappa shape index (κ2) is 7.40. The van der Waals surface area contributed by atoms with Crippen molar-refractivity contribution in [1.82, 2.24) is 0 Å². The summed E-state index contributed by atoms with van der Waals surface area (Å²) < 4.78 is 20.9. The first-order valence-electron chi connectivity index (χ1n) is 4.98. The molecule has 17 heavy (non-hydrogen) atoms. The van der Waals surface area contributed by atoms with Gasteiger partial charge in [-0.05, 0) is 28.3 Å². The molecular weight excluding hydrogens is 227 g/mol. The van der Waals surface area contributed by atoms with E-state index >= 15 is 0 Å². The maximum Gasteiger partial charge on any atom is 0.330 e. The Hall–Kier alpha value is -1.88. The van der Waals surface area contributed by atoms with Gasteiger partial charge in [0.05, 0.1) is 7.11 Å². The summed E-state index contributed by atoms with van der Waals surface area (Å²) in [5.41, 5.74) is 0.837. The minimum atomic E-state index is -0.544. The Morgan fingerprint density at radius 2 is 2.00 bits per heavy atom. The Morgan fingerprint density at radius 1 is 1.29 bits per heavy atom. The lowest BCUT2D eigenvalue weighted by Gasteiger charge is -1.99. The van der Waals surface area contributed by atoms with Crippen LogP contribution in [0, 0.1) is 0 Å². The molecule has 4 nitrogen and oxygen atoms in total. The Bertz CT molecular complexity index is 373. The smallest absolute Gasteiger partial charge is 0.330 e. The molecule has 0 spiro atoms. The number of carbonyl (C=O) groups is 1. The van der Waals surface area contributed by atoms with Gasteiger partial charge in [0.1, 0.15) is 19.0 Å². The molecule has 0 amide bonds. The first-order chi connectivity index (χ1) is 8.26. The fraction of sp³-hybridized carbons (Fsp3) is 0.250. The van der Waals surface area contributed by atoms with Crippen LogP contribution in [-0.2, 0) is 14.5 Å². The molecule has 0 atom stereocenters. The zero-order valence-electron chi connectivity index (χ0n) is 9.39. The van der Waals surface area contributed by atoms with Gasteiger partial charge in [0, 0.05) is 6.08 Å². The third kappa shape index (κ3) is 5.12. The van der Waals surface area contributed by atoms with Crippen LogP contribution in [0.4, 0.5) is 4.53 Å². The monoisotopic (exact) mass is 240 g/mol. The summed E-state index contributed by atoms with van der Waals surface area (Å²) >= 11 is 0. The van der Waals surface area contributed by atoms with Gasteiger partial charge < -0.3 is 9.47 Å². The Morgan fingerprint density at radius 3 is 2.59 bits per heavy atom. The number of hydrogen-bond donors (Lipinski definition) is 0. The Kier molecular flexibility index (Phi) is 5.74. The topological polar surface area (TPSA) is 44.8 Å². The minimum Gasteiger partial charge on any atom is -0.497 e. The predicted octanol–water partition coefficient (Wildman–Crippen LogP) is 2.15. The van der Waals surface area contributed by atoms with Crippen molar-refractivity contribution in [3.63, 3.8) is 0 Å². The average Bonchev–Trinajstić information content (AvgIpc) is 2.37. The second-order valence-electron chi connectivity index (χ2n) is 3.09. The van der Waals surface area contributed by atoms with Crippen LogP contribution in [0.15, 0.2) is 30.3 Å². The highest BCUT2D eigenvalue weighted by Gasteiger charge is 1.97. The lowest BCUT2D eigenvalue weighted by molar-refractivity contribution is -0.158. The molecule has 0 saturated carbocycles. The van der Waals surface area contributed by atoms with E-state index in [9.17, 15) is 9.32 Å². The van der Waals surface area contributed by atoms with Crippen LogP contribution >= 0.6 is 0 Å². The first-order valence-corrected chi connectivity index (χ1v) is 4.98. The van der Waals surface area contributed by atoms with Crippen LogP contribution in [0.3, 0.4) is 0 Å². The van der Waals surface area contributed by atoms with Crippen molar-refractivity contribution in [3.8, 4) is 5.75 Å². The van der Waals surface area contributed by atoms with Crippen molar-refractivity contribution >= 4 is 12.0 Å². The van der Waals surface area contributed by atoms with E-state index in [1.165, 1.54) is 6.08 Å². The van der Waals surface area contributed by atoms with Crippen LogP contribution in [-0.4, -0.2) is 26.3 Å². The van der Waals surface area contributed by atoms with E-state index in [1.54, 1.807) is 37.5 Å². The van der Waals surface area contributed by atoms with Gasteiger partial charge in [-0.15, -0.1) is 0 Å². The number of ether oxygens (including phenoxy) is 2. The fourth-order valence-corrected chi connectivity index (χ4v) is 1.10. The number of rotatable bonds is 6. The molecule has 0 bridgehead atoms. The van der Waals surface area contributed by atoms with Crippen molar-refractivity contribution in [2.45, 2.75) is 0 Å². The molecule has 0 radical (unpaired) electrons. The summed E-state index contributed by atoms with van der Waals surface area (Å²) in [5.74, 6) is 0.197. The van der Waals surface area contributed by atoms with E-state index in [0.717, 1.165) is 11.3 Å². The number of esters is 1. The molecule has 0 fully saturated rings. The maximum atomic E-state index is 11.2. The second-order valence-corrected chi connectivity index (χ2v) is 3.09. The van der Waals surface area contributed by atoms with Gasteiger partial charge in [0.15, 0.2) is 0 Å². The molecule has 1 rings (SSSR count). The summed E-state index contributed by atoms with van der Waals surface area (Å²) in [6, 6.07) is 7.16. The van der Waals surface area contributed by atoms with Crippen molar-refractivity contribution in [1.29, 1.82) is 0 Å². The van der Waals surface area contributed by atoms with Crippen LogP contribution < -0.4 is 4.74 Å². The number of benzene rings is 1. The molecule has 0 unspecified atom stereocenters. The molecule has 92 valence electrons. The number of hydrogen-bond acceptors (Lipinski definition) is 4. The number of carbonyl (C=O) groups excluding carboxylic acids is 1. The molecule has 0 heterocycles. The summed E-state index contributed by atoms with van der Waals surface area (Å²) in [6.45, 7) is -0.371. The van der Waals surface area contributed by atoms with Gasteiger partial charge in [-0.1, -0.05) is 12.1 Å². The molecule has 0 aromatic heterocycles. The summed E-state index contributed by atoms with van der Waals surface area (Å²) in [5, 5.41) is 0. The van der Waals surface area contributed by atoms with Crippen molar-refractivity contribution in [2.75, 3.05) is 20.3 Å². The third-order valence-electron chi connectivity index (χ3n) is 1.93. The van der Waals surface area contributed by atoms with Crippen molar-refractivity contribution < 1.29 is 23.7 Å². The standard InChI is InChI=1S/C12H13FO4/c1-15-11-5-2-10(3-6-11)4-7-12(14)16-8-9-17-13/h2-7H,8-9H2,1H3/b7-4+. The Labute approximate surface area is 98.5 Å².